The van der Waals surface area contributed by atoms with E-state index in [0.717, 1.165) is 0 Å². The van der Waals surface area contributed by atoms with Gasteiger partial charge in [-0.2, -0.15) is 0 Å². The van der Waals surface area contributed by atoms with Crippen LogP contribution in [0.15, 0.2) is 12.2 Å². The number of hydrogen-bond donors (Lipinski definition) is 3. The zero-order chi connectivity index (χ0) is 15.9. The minimum absolute atomic E-state index is 0.0629. The third-order valence-electron chi connectivity index (χ3n) is 3.90. The molecule has 112 valence electrons. The molecule has 1 rings (SSSR count). The van der Waals surface area contributed by atoms with Gasteiger partial charge in [-0.1, -0.05) is 32.9 Å². The Morgan fingerprint density at radius 2 is 1.75 bits per heavy atom. The number of piperidine rings is 1. The Kier molecular flexibility index (Phi) is 3.85. The highest BCUT2D eigenvalue weighted by molar-refractivity contribution is 5.90. The molecular weight excluding hydrogens is 266 g/mol. The lowest BCUT2D eigenvalue weighted by Crippen LogP contribution is -2.65. The Morgan fingerprint density at radius 3 is 2.05 bits per heavy atom. The van der Waals surface area contributed by atoms with Gasteiger partial charge in [0.1, 0.15) is 11.5 Å². The van der Waals surface area contributed by atoms with Crippen molar-refractivity contribution in [3.05, 3.63) is 12.2 Å². The summed E-state index contributed by atoms with van der Waals surface area (Å²) in [5, 5.41) is 28.2. The van der Waals surface area contributed by atoms with Crippen molar-refractivity contribution in [2.75, 3.05) is 6.54 Å². The molecule has 7 heteroatoms. The fraction of sp³-hybridized carbons (Fsp3) is 0.615. The number of carboxylic acids is 2. The standard InChI is InChI=1S/C13H19NO6/c1-7-5-13(10(17)18,12(2,3)4)8(9(15)16)14(6-7)11(19)20/h8H,1,5-6H2,2-4H3,(H,15,16)(H,17,18)(H,19,20)/t8-,13-/m1/s1. The Labute approximate surface area is 116 Å². The van der Waals surface area contributed by atoms with Gasteiger partial charge in [-0.15, -0.1) is 0 Å². The van der Waals surface area contributed by atoms with Gasteiger partial charge < -0.3 is 15.3 Å². The third kappa shape index (κ3) is 2.23. The summed E-state index contributed by atoms with van der Waals surface area (Å²) in [5.41, 5.74) is -2.33. The van der Waals surface area contributed by atoms with Gasteiger partial charge >= 0.3 is 18.0 Å². The van der Waals surface area contributed by atoms with Crippen LogP contribution < -0.4 is 0 Å². The number of amides is 1. The van der Waals surface area contributed by atoms with Crippen molar-refractivity contribution in [2.45, 2.75) is 33.2 Å². The number of carboxylic acid groups (broad SMARTS) is 3. The van der Waals surface area contributed by atoms with Crippen LogP contribution in [0.2, 0.25) is 0 Å². The molecule has 0 aliphatic carbocycles. The molecule has 1 saturated heterocycles. The van der Waals surface area contributed by atoms with E-state index >= 15 is 0 Å². The molecule has 0 spiro atoms. The van der Waals surface area contributed by atoms with Gasteiger partial charge in [0, 0.05) is 6.54 Å². The normalized spacial score (nSPS) is 27.2. The second kappa shape index (κ2) is 4.81. The van der Waals surface area contributed by atoms with Gasteiger partial charge in [-0.3, -0.25) is 9.69 Å². The molecular formula is C13H19NO6. The summed E-state index contributed by atoms with van der Waals surface area (Å²) in [4.78, 5) is 35.3. The maximum absolute atomic E-state index is 11.8. The lowest BCUT2D eigenvalue weighted by molar-refractivity contribution is -0.175. The van der Waals surface area contributed by atoms with Gasteiger partial charge in [0.2, 0.25) is 0 Å². The van der Waals surface area contributed by atoms with E-state index in [1.54, 1.807) is 20.8 Å². The van der Waals surface area contributed by atoms with E-state index in [0.29, 0.717) is 10.5 Å². The van der Waals surface area contributed by atoms with Gasteiger partial charge in [-0.25, -0.2) is 9.59 Å². The average Bonchev–Trinajstić information content (AvgIpc) is 2.24. The van der Waals surface area contributed by atoms with Gasteiger partial charge in [0.25, 0.3) is 0 Å². The van der Waals surface area contributed by atoms with E-state index in [1.165, 1.54) is 0 Å². The molecule has 0 unspecified atom stereocenters. The highest BCUT2D eigenvalue weighted by Crippen LogP contribution is 2.50. The SMILES string of the molecule is C=C1CN(C(=O)O)[C@H](C(=O)O)[C@](C(=O)O)(C(C)(C)C)C1. The van der Waals surface area contributed by atoms with Crippen LogP contribution in [0.1, 0.15) is 27.2 Å². The molecule has 1 aliphatic heterocycles. The van der Waals surface area contributed by atoms with E-state index in [1.807, 2.05) is 0 Å². The molecule has 2 atom stereocenters. The van der Waals surface area contributed by atoms with Gasteiger partial charge in [-0.05, 0) is 11.8 Å². The van der Waals surface area contributed by atoms with E-state index in [4.69, 9.17) is 0 Å². The van der Waals surface area contributed by atoms with Crippen LogP contribution in [0.4, 0.5) is 4.79 Å². The van der Waals surface area contributed by atoms with E-state index in [2.05, 4.69) is 6.58 Å². The predicted molar refractivity (Wildman–Crippen MR) is 69.4 cm³/mol. The first-order valence-corrected chi connectivity index (χ1v) is 6.07. The molecule has 1 heterocycles. The Balaban J connectivity index is 3.58. The molecule has 3 N–H and O–H groups in total. The molecule has 1 fully saturated rings. The fourth-order valence-electron chi connectivity index (χ4n) is 2.86. The zero-order valence-electron chi connectivity index (χ0n) is 11.7. The first-order valence-electron chi connectivity index (χ1n) is 6.07. The van der Waals surface area contributed by atoms with Crippen LogP contribution in [0.25, 0.3) is 0 Å². The minimum atomic E-state index is -1.76. The topological polar surface area (TPSA) is 115 Å². The summed E-state index contributed by atoms with van der Waals surface area (Å²) in [6.45, 7) is 8.28. The second-order valence-electron chi connectivity index (χ2n) is 6.10. The Morgan fingerprint density at radius 1 is 1.25 bits per heavy atom. The highest BCUT2D eigenvalue weighted by atomic mass is 16.4. The summed E-state index contributed by atoms with van der Waals surface area (Å²) in [7, 11) is 0. The molecule has 0 bridgehead atoms. The number of rotatable bonds is 2. The maximum atomic E-state index is 11.8. The quantitative estimate of drug-likeness (QED) is 0.662. The fourth-order valence-corrected chi connectivity index (χ4v) is 2.86. The minimum Gasteiger partial charge on any atom is -0.481 e. The van der Waals surface area contributed by atoms with Crippen molar-refractivity contribution in [3.63, 3.8) is 0 Å². The van der Waals surface area contributed by atoms with Crippen LogP contribution in [-0.4, -0.2) is 50.8 Å². The molecule has 0 radical (unpaired) electrons. The van der Waals surface area contributed by atoms with Crippen LogP contribution in [0, 0.1) is 10.8 Å². The lowest BCUT2D eigenvalue weighted by Gasteiger charge is -2.51. The van der Waals surface area contributed by atoms with Gasteiger partial charge in [0.05, 0.1) is 0 Å². The zero-order valence-corrected chi connectivity index (χ0v) is 11.7. The van der Waals surface area contributed by atoms with Crippen molar-refractivity contribution >= 4 is 18.0 Å². The molecule has 20 heavy (non-hydrogen) atoms. The second-order valence-corrected chi connectivity index (χ2v) is 6.10. The van der Waals surface area contributed by atoms with Crippen molar-refractivity contribution in [1.29, 1.82) is 0 Å². The molecule has 0 aromatic rings. The predicted octanol–water partition coefficient (Wildman–Crippen LogP) is 1.50. The molecule has 1 aliphatic rings. The summed E-state index contributed by atoms with van der Waals surface area (Å²) in [5.74, 6) is -2.79. The summed E-state index contributed by atoms with van der Waals surface area (Å²) in [6, 6.07) is -1.65. The monoisotopic (exact) mass is 285 g/mol. The largest absolute Gasteiger partial charge is 0.481 e. The Hall–Kier alpha value is -2.05. The van der Waals surface area contributed by atoms with Gasteiger partial charge in [0.15, 0.2) is 0 Å². The van der Waals surface area contributed by atoms with E-state index in [9.17, 15) is 29.7 Å². The number of hydrogen-bond acceptors (Lipinski definition) is 3. The van der Waals surface area contributed by atoms with Crippen molar-refractivity contribution in [2.24, 2.45) is 10.8 Å². The molecule has 7 nitrogen and oxygen atoms in total. The van der Waals surface area contributed by atoms with Crippen LogP contribution in [0.3, 0.4) is 0 Å². The van der Waals surface area contributed by atoms with Crippen molar-refractivity contribution < 1.29 is 29.7 Å². The van der Waals surface area contributed by atoms with E-state index in [-0.39, 0.29) is 13.0 Å². The first kappa shape index (κ1) is 16.0. The average molecular weight is 285 g/mol. The molecule has 0 aromatic heterocycles. The lowest BCUT2D eigenvalue weighted by atomic mass is 9.57. The third-order valence-corrected chi connectivity index (χ3v) is 3.90. The molecule has 0 aromatic carbocycles. The number of likely N-dealkylation sites (tertiary alicyclic amines) is 1. The van der Waals surface area contributed by atoms with Crippen LogP contribution >= 0.6 is 0 Å². The van der Waals surface area contributed by atoms with Crippen LogP contribution in [-0.2, 0) is 9.59 Å². The first-order chi connectivity index (χ1) is 8.95. The smallest absolute Gasteiger partial charge is 0.408 e. The number of aliphatic carboxylic acids is 2. The maximum Gasteiger partial charge on any atom is 0.408 e. The highest BCUT2D eigenvalue weighted by Gasteiger charge is 2.62. The van der Waals surface area contributed by atoms with Crippen LogP contribution in [0.5, 0.6) is 0 Å². The van der Waals surface area contributed by atoms with E-state index < -0.39 is 34.9 Å². The summed E-state index contributed by atoms with van der Waals surface area (Å²) >= 11 is 0. The summed E-state index contributed by atoms with van der Waals surface area (Å²) < 4.78 is 0. The van der Waals surface area contributed by atoms with Crippen molar-refractivity contribution in [1.82, 2.24) is 4.90 Å². The Bertz CT molecular complexity index is 478. The number of nitrogens with zero attached hydrogens (tertiary/aromatic N) is 1. The molecule has 1 amide bonds. The van der Waals surface area contributed by atoms with Crippen molar-refractivity contribution in [3.8, 4) is 0 Å². The summed E-state index contributed by atoms with van der Waals surface area (Å²) in [6.07, 6.45) is -1.53. The molecule has 0 saturated carbocycles. The number of carbonyl (C=O) groups is 3.